The van der Waals surface area contributed by atoms with E-state index in [1.165, 1.54) is 12.1 Å². The molecule has 3 aromatic carbocycles. The van der Waals surface area contributed by atoms with E-state index in [4.69, 9.17) is 27.9 Å². The van der Waals surface area contributed by atoms with Crippen LogP contribution in [0.1, 0.15) is 25.8 Å². The third-order valence-corrected chi connectivity index (χ3v) is 9.45. The minimum atomic E-state index is -4.85. The summed E-state index contributed by atoms with van der Waals surface area (Å²) >= 11 is 12.6. The maximum absolute atomic E-state index is 14.2. The van der Waals surface area contributed by atoms with Gasteiger partial charge in [0.05, 0.1) is 29.7 Å². The molecule has 2 N–H and O–H groups in total. The second-order valence-electron chi connectivity index (χ2n) is 9.74. The highest BCUT2D eigenvalue weighted by molar-refractivity contribution is 7.91. The monoisotopic (exact) mass is 629 g/mol. The number of aromatic nitrogens is 1. The Morgan fingerprint density at radius 1 is 1.07 bits per heavy atom. The molecule has 0 radical (unpaired) electrons. The number of fused-ring (bicyclic) bond motifs is 3. The molecule has 41 heavy (non-hydrogen) atoms. The molecular formula is C28H28Cl2F3N3O4S. The lowest BCUT2D eigenvalue weighted by atomic mass is 10.0. The van der Waals surface area contributed by atoms with E-state index in [0.29, 0.717) is 29.5 Å². The average Bonchev–Trinajstić information content (AvgIpc) is 3.11. The Labute approximate surface area is 245 Å². The molecule has 1 fully saturated rings. The lowest BCUT2D eigenvalue weighted by molar-refractivity contribution is -0.274. The summed E-state index contributed by atoms with van der Waals surface area (Å²) in [7, 11) is -3.37. The standard InChI is InChI=1S/C28H28Cl2F3N3O4S/c1-2-12-34-41(38,20-7-5-19(6-8-20)40-28(31,32)33)35-23-16-39-13-11-26(27(23)37)36-24-9-3-17(29)14-21(24)22-15-18(30)4-10-25(22)36/h3-10,14-15,23,26-27,37H,2,11-13,16H2,1H3,(H,34,35,38)/t23-,26-,27+,41?/m1/s1. The number of nitrogens with one attached hydrogen (secondary N) is 1. The summed E-state index contributed by atoms with van der Waals surface area (Å²) in [6, 6.07) is 14.4. The summed E-state index contributed by atoms with van der Waals surface area (Å²) in [4.78, 5) is 0.162. The van der Waals surface area contributed by atoms with E-state index >= 15 is 0 Å². The van der Waals surface area contributed by atoms with Crippen LogP contribution >= 0.6 is 23.2 Å². The molecule has 1 aliphatic heterocycles. The van der Waals surface area contributed by atoms with Crippen molar-refractivity contribution in [1.82, 2.24) is 9.29 Å². The number of aliphatic hydroxyl groups is 1. The fraction of sp³-hybridized carbons (Fsp3) is 0.357. The predicted molar refractivity (Wildman–Crippen MR) is 154 cm³/mol. The molecule has 4 atom stereocenters. The number of ether oxygens (including phenoxy) is 2. The summed E-state index contributed by atoms with van der Waals surface area (Å²) in [6.07, 6.45) is -4.88. The Morgan fingerprint density at radius 2 is 1.68 bits per heavy atom. The fourth-order valence-electron chi connectivity index (χ4n) is 5.12. The van der Waals surface area contributed by atoms with Crippen LogP contribution in [0.2, 0.25) is 10.0 Å². The number of benzene rings is 3. The highest BCUT2D eigenvalue weighted by Gasteiger charge is 2.36. The minimum Gasteiger partial charge on any atom is -0.406 e. The normalized spacial score (nSPS) is 21.5. The van der Waals surface area contributed by atoms with Gasteiger partial charge in [-0.25, -0.2) is 13.3 Å². The van der Waals surface area contributed by atoms with Crippen molar-refractivity contribution < 1.29 is 32.0 Å². The molecule has 1 unspecified atom stereocenters. The Kier molecular flexibility index (Phi) is 8.75. The second kappa shape index (κ2) is 12.0. The van der Waals surface area contributed by atoms with Gasteiger partial charge in [-0.2, -0.15) is 0 Å². The van der Waals surface area contributed by atoms with Crippen molar-refractivity contribution in [3.05, 3.63) is 70.7 Å². The van der Waals surface area contributed by atoms with Gasteiger partial charge in [0.15, 0.2) is 0 Å². The maximum Gasteiger partial charge on any atom is 0.573 e. The molecule has 0 amide bonds. The fourth-order valence-corrected chi connectivity index (χ4v) is 7.39. The van der Waals surface area contributed by atoms with Crippen molar-refractivity contribution >= 4 is 54.9 Å². The zero-order chi connectivity index (χ0) is 29.4. The zero-order valence-electron chi connectivity index (χ0n) is 21.9. The number of nitrogens with zero attached hydrogens (tertiary/aromatic N) is 2. The Balaban J connectivity index is 1.53. The number of halogens is 5. The van der Waals surface area contributed by atoms with Crippen LogP contribution in [0.4, 0.5) is 13.2 Å². The molecule has 7 nitrogen and oxygen atoms in total. The molecule has 5 rings (SSSR count). The van der Waals surface area contributed by atoms with Gasteiger partial charge in [0.25, 0.3) is 0 Å². The van der Waals surface area contributed by atoms with Gasteiger partial charge < -0.3 is 19.1 Å². The van der Waals surface area contributed by atoms with Crippen LogP contribution in [0, 0.1) is 0 Å². The highest BCUT2D eigenvalue weighted by Crippen LogP contribution is 2.38. The van der Waals surface area contributed by atoms with Crippen LogP contribution in [0.25, 0.3) is 21.8 Å². The van der Waals surface area contributed by atoms with Crippen LogP contribution in [0.3, 0.4) is 0 Å². The van der Waals surface area contributed by atoms with Crippen molar-refractivity contribution in [2.75, 3.05) is 19.8 Å². The van der Waals surface area contributed by atoms with E-state index in [2.05, 4.69) is 13.8 Å². The number of hydrogen-bond acceptors (Lipinski definition) is 5. The van der Waals surface area contributed by atoms with Gasteiger partial charge in [0.1, 0.15) is 15.7 Å². The Morgan fingerprint density at radius 3 is 2.24 bits per heavy atom. The lowest BCUT2D eigenvalue weighted by Crippen LogP contribution is -2.48. The van der Waals surface area contributed by atoms with E-state index in [1.54, 1.807) is 12.1 Å². The Hall–Kier alpha value is -2.54. The van der Waals surface area contributed by atoms with Gasteiger partial charge in [0, 0.05) is 45.0 Å². The van der Waals surface area contributed by atoms with Crippen molar-refractivity contribution in [3.63, 3.8) is 0 Å². The predicted octanol–water partition coefficient (Wildman–Crippen LogP) is 7.13. The summed E-state index contributed by atoms with van der Waals surface area (Å²) in [5.74, 6) is -0.442. The van der Waals surface area contributed by atoms with Gasteiger partial charge in [-0.05, 0) is 73.5 Å². The first kappa shape index (κ1) is 29.9. The summed E-state index contributed by atoms with van der Waals surface area (Å²) in [6.45, 7) is 2.47. The minimum absolute atomic E-state index is 0.0420. The summed E-state index contributed by atoms with van der Waals surface area (Å²) in [5.41, 5.74) is 1.68. The van der Waals surface area contributed by atoms with Gasteiger partial charge in [-0.15, -0.1) is 13.2 Å². The number of rotatable bonds is 7. The molecule has 0 saturated carbocycles. The van der Waals surface area contributed by atoms with Gasteiger partial charge in [-0.1, -0.05) is 30.1 Å². The third-order valence-electron chi connectivity index (χ3n) is 6.90. The number of aliphatic hydroxyl groups excluding tert-OH is 1. The van der Waals surface area contributed by atoms with E-state index in [9.17, 15) is 22.5 Å². The largest absolute Gasteiger partial charge is 0.573 e. The molecule has 220 valence electrons. The zero-order valence-corrected chi connectivity index (χ0v) is 24.2. The van der Waals surface area contributed by atoms with E-state index in [0.717, 1.165) is 33.9 Å². The summed E-state index contributed by atoms with van der Waals surface area (Å²) in [5, 5.41) is 14.7. The smallest absolute Gasteiger partial charge is 0.406 e. The van der Waals surface area contributed by atoms with E-state index in [-0.39, 0.29) is 18.0 Å². The van der Waals surface area contributed by atoms with Crippen LogP contribution in [-0.4, -0.2) is 52.1 Å². The maximum atomic E-state index is 14.2. The number of hydrogen-bond donors (Lipinski definition) is 2. The lowest BCUT2D eigenvalue weighted by Gasteiger charge is -2.30. The van der Waals surface area contributed by atoms with Gasteiger partial charge in [0.2, 0.25) is 0 Å². The van der Waals surface area contributed by atoms with Crippen molar-refractivity contribution in [3.8, 4) is 5.75 Å². The first-order valence-electron chi connectivity index (χ1n) is 13.0. The van der Waals surface area contributed by atoms with Gasteiger partial charge in [-0.3, -0.25) is 0 Å². The molecule has 1 aromatic heterocycles. The molecule has 13 heteroatoms. The second-order valence-corrected chi connectivity index (χ2v) is 12.6. The molecule has 0 bridgehead atoms. The Bertz CT molecular complexity index is 1610. The SMILES string of the molecule is CCCN=S(=O)(N[C@@H]1COCC[C@@H](n2c3ccc(Cl)cc3c3cc(Cl)ccc32)[C@H]1O)c1ccc(OC(F)(F)F)cc1. The van der Waals surface area contributed by atoms with E-state index in [1.807, 2.05) is 35.8 Å². The molecule has 2 heterocycles. The van der Waals surface area contributed by atoms with Crippen molar-refractivity contribution in [1.29, 1.82) is 0 Å². The topological polar surface area (TPSA) is 85.1 Å². The van der Waals surface area contributed by atoms with Crippen LogP contribution in [0.5, 0.6) is 5.75 Å². The molecule has 0 aliphatic carbocycles. The molecule has 1 aliphatic rings. The van der Waals surface area contributed by atoms with Crippen LogP contribution in [0.15, 0.2) is 69.9 Å². The molecule has 1 saturated heterocycles. The van der Waals surface area contributed by atoms with Crippen LogP contribution < -0.4 is 9.46 Å². The van der Waals surface area contributed by atoms with Gasteiger partial charge >= 0.3 is 6.36 Å². The average molecular weight is 631 g/mol. The molecular weight excluding hydrogens is 602 g/mol. The highest BCUT2D eigenvalue weighted by atomic mass is 35.5. The van der Waals surface area contributed by atoms with E-state index < -0.39 is 40.2 Å². The quantitative estimate of drug-likeness (QED) is 0.228. The number of alkyl halides is 3. The molecule has 4 aromatic rings. The summed E-state index contributed by atoms with van der Waals surface area (Å²) < 4.78 is 71.4. The molecule has 0 spiro atoms. The first-order chi connectivity index (χ1) is 19.5. The first-order valence-corrected chi connectivity index (χ1v) is 15.3. The van der Waals surface area contributed by atoms with Crippen molar-refractivity contribution in [2.24, 2.45) is 4.36 Å². The van der Waals surface area contributed by atoms with Crippen LogP contribution in [-0.2, 0) is 14.7 Å². The third kappa shape index (κ3) is 6.45. The van der Waals surface area contributed by atoms with Crippen molar-refractivity contribution in [2.45, 2.75) is 49.2 Å².